The second kappa shape index (κ2) is 10.2. The number of nitrogens with zero attached hydrogens (tertiary/aromatic N) is 1. The first-order chi connectivity index (χ1) is 13.0. The van der Waals surface area contributed by atoms with Gasteiger partial charge in [-0.2, -0.15) is 5.10 Å². The van der Waals surface area contributed by atoms with Crippen LogP contribution >= 0.6 is 11.6 Å². The van der Waals surface area contributed by atoms with E-state index in [-0.39, 0.29) is 19.1 Å². The first-order valence-corrected chi connectivity index (χ1v) is 8.46. The van der Waals surface area contributed by atoms with Crippen molar-refractivity contribution in [1.29, 1.82) is 0 Å². The summed E-state index contributed by atoms with van der Waals surface area (Å²) < 4.78 is 15.5. The highest BCUT2D eigenvalue weighted by Crippen LogP contribution is 2.27. The molecule has 2 aromatic carbocycles. The van der Waals surface area contributed by atoms with Crippen LogP contribution < -0.4 is 14.9 Å². The molecule has 0 unspecified atom stereocenters. The number of esters is 1. The van der Waals surface area contributed by atoms with Crippen molar-refractivity contribution in [2.75, 3.05) is 20.3 Å². The van der Waals surface area contributed by atoms with Crippen LogP contribution in [-0.2, 0) is 9.53 Å². The third-order valence-corrected chi connectivity index (χ3v) is 3.58. The molecule has 0 aliphatic carbocycles. The molecule has 0 bridgehead atoms. The number of halogens is 1. The van der Waals surface area contributed by atoms with Crippen molar-refractivity contribution in [1.82, 2.24) is 5.43 Å². The molecule has 1 N–H and O–H groups in total. The van der Waals surface area contributed by atoms with Gasteiger partial charge in [-0.05, 0) is 55.0 Å². The highest BCUT2D eigenvalue weighted by molar-refractivity contribution is 6.30. The molecule has 27 heavy (non-hydrogen) atoms. The van der Waals surface area contributed by atoms with E-state index in [4.69, 9.17) is 25.8 Å². The van der Waals surface area contributed by atoms with Crippen molar-refractivity contribution in [3.63, 3.8) is 0 Å². The number of hydrazone groups is 1. The summed E-state index contributed by atoms with van der Waals surface area (Å²) in [6.45, 7) is 1.76. The molecule has 1 amide bonds. The molecule has 0 saturated heterocycles. The number of benzene rings is 2. The number of ether oxygens (including phenoxy) is 3. The fourth-order valence-electron chi connectivity index (χ4n) is 2.06. The maximum Gasteiger partial charge on any atom is 0.344 e. The van der Waals surface area contributed by atoms with Crippen molar-refractivity contribution >= 4 is 29.7 Å². The normalized spacial score (nSPS) is 10.5. The van der Waals surface area contributed by atoms with Gasteiger partial charge >= 0.3 is 5.97 Å². The molecule has 2 aromatic rings. The second-order valence-electron chi connectivity index (χ2n) is 5.21. The summed E-state index contributed by atoms with van der Waals surface area (Å²) in [6, 6.07) is 11.5. The van der Waals surface area contributed by atoms with Crippen LogP contribution in [0.4, 0.5) is 0 Å². The zero-order chi connectivity index (χ0) is 19.6. The number of nitrogens with one attached hydrogen (secondary N) is 1. The number of carbonyl (C=O) groups is 2. The Morgan fingerprint density at radius 3 is 2.56 bits per heavy atom. The minimum absolute atomic E-state index is 0.238. The Morgan fingerprint density at radius 2 is 1.89 bits per heavy atom. The summed E-state index contributed by atoms with van der Waals surface area (Å²) in [5.74, 6) is -0.0238. The second-order valence-corrected chi connectivity index (χ2v) is 5.65. The van der Waals surface area contributed by atoms with Crippen LogP contribution in [0.5, 0.6) is 11.5 Å². The first kappa shape index (κ1) is 20.3. The van der Waals surface area contributed by atoms with Crippen LogP contribution in [0, 0.1) is 0 Å². The Hall–Kier alpha value is -3.06. The maximum absolute atomic E-state index is 12.0. The molecule has 0 heterocycles. The Balaban J connectivity index is 2.01. The summed E-state index contributed by atoms with van der Waals surface area (Å²) in [7, 11) is 1.49. The SMILES string of the molecule is CCOC(=O)COc1cc(/C=N/NC(=O)c2ccc(Cl)cc2)ccc1OC. The Kier molecular flexibility index (Phi) is 7.63. The number of methoxy groups -OCH3 is 1. The maximum atomic E-state index is 12.0. The minimum atomic E-state index is -0.478. The van der Waals surface area contributed by atoms with Gasteiger partial charge in [0.25, 0.3) is 5.91 Å². The monoisotopic (exact) mass is 390 g/mol. The van der Waals surface area contributed by atoms with E-state index in [0.717, 1.165) is 0 Å². The smallest absolute Gasteiger partial charge is 0.344 e. The molecule has 0 atom stereocenters. The minimum Gasteiger partial charge on any atom is -0.493 e. The lowest BCUT2D eigenvalue weighted by Crippen LogP contribution is -2.17. The molecule has 0 spiro atoms. The molecule has 7 nitrogen and oxygen atoms in total. The standard InChI is InChI=1S/C19H19ClN2O5/c1-3-26-18(23)12-27-17-10-13(4-9-16(17)25-2)11-21-22-19(24)14-5-7-15(20)8-6-14/h4-11H,3,12H2,1-2H3,(H,22,24)/b21-11+. The lowest BCUT2D eigenvalue weighted by molar-refractivity contribution is -0.145. The third-order valence-electron chi connectivity index (χ3n) is 3.32. The van der Waals surface area contributed by atoms with Crippen LogP contribution in [0.2, 0.25) is 5.02 Å². The molecular weight excluding hydrogens is 372 g/mol. The summed E-state index contributed by atoms with van der Waals surface area (Å²) in [5.41, 5.74) is 3.50. The third kappa shape index (κ3) is 6.31. The fourth-order valence-corrected chi connectivity index (χ4v) is 2.18. The topological polar surface area (TPSA) is 86.2 Å². The lowest BCUT2D eigenvalue weighted by atomic mass is 10.2. The average Bonchev–Trinajstić information content (AvgIpc) is 2.67. The zero-order valence-electron chi connectivity index (χ0n) is 14.9. The number of hydrogen-bond acceptors (Lipinski definition) is 6. The van der Waals surface area contributed by atoms with E-state index in [1.165, 1.54) is 13.3 Å². The van der Waals surface area contributed by atoms with E-state index < -0.39 is 5.97 Å². The molecule has 8 heteroatoms. The summed E-state index contributed by atoms with van der Waals surface area (Å²) in [5, 5.41) is 4.46. The number of rotatable bonds is 8. The van der Waals surface area contributed by atoms with Crippen molar-refractivity contribution < 1.29 is 23.8 Å². The van der Waals surface area contributed by atoms with E-state index >= 15 is 0 Å². The van der Waals surface area contributed by atoms with Crippen molar-refractivity contribution in [2.45, 2.75) is 6.92 Å². The molecule has 142 valence electrons. The van der Waals surface area contributed by atoms with Gasteiger partial charge in [0.2, 0.25) is 0 Å². The molecule has 0 fully saturated rings. The van der Waals surface area contributed by atoms with Crippen molar-refractivity contribution in [2.24, 2.45) is 5.10 Å². The predicted molar refractivity (Wildman–Crippen MR) is 102 cm³/mol. The van der Waals surface area contributed by atoms with Crippen LogP contribution in [-0.4, -0.2) is 38.4 Å². The average molecular weight is 391 g/mol. The van der Waals surface area contributed by atoms with E-state index in [1.54, 1.807) is 49.4 Å². The molecule has 0 aliphatic rings. The Labute approximate surface area is 161 Å². The van der Waals surface area contributed by atoms with Crippen LogP contribution in [0.15, 0.2) is 47.6 Å². The van der Waals surface area contributed by atoms with Gasteiger partial charge in [-0.25, -0.2) is 10.2 Å². The Morgan fingerprint density at radius 1 is 1.15 bits per heavy atom. The van der Waals surface area contributed by atoms with Gasteiger partial charge in [-0.15, -0.1) is 0 Å². The summed E-state index contributed by atoms with van der Waals surface area (Å²) >= 11 is 5.79. The van der Waals surface area contributed by atoms with Crippen LogP contribution in [0.25, 0.3) is 0 Å². The fraction of sp³-hybridized carbons (Fsp3) is 0.211. The van der Waals surface area contributed by atoms with Gasteiger partial charge in [-0.3, -0.25) is 4.79 Å². The van der Waals surface area contributed by atoms with E-state index in [2.05, 4.69) is 10.5 Å². The molecule has 2 rings (SSSR count). The van der Waals surface area contributed by atoms with E-state index in [0.29, 0.717) is 27.6 Å². The van der Waals surface area contributed by atoms with Crippen LogP contribution in [0.1, 0.15) is 22.8 Å². The first-order valence-electron chi connectivity index (χ1n) is 8.09. The highest BCUT2D eigenvalue weighted by Gasteiger charge is 2.09. The van der Waals surface area contributed by atoms with Gasteiger partial charge < -0.3 is 14.2 Å². The quantitative estimate of drug-likeness (QED) is 0.425. The summed E-state index contributed by atoms with van der Waals surface area (Å²) in [6.07, 6.45) is 1.45. The number of hydrogen-bond donors (Lipinski definition) is 1. The van der Waals surface area contributed by atoms with E-state index in [9.17, 15) is 9.59 Å². The molecule has 0 aliphatic heterocycles. The van der Waals surface area contributed by atoms with E-state index in [1.807, 2.05) is 0 Å². The van der Waals surface area contributed by atoms with Gasteiger partial charge in [0.05, 0.1) is 19.9 Å². The van der Waals surface area contributed by atoms with Gasteiger partial charge in [-0.1, -0.05) is 11.6 Å². The van der Waals surface area contributed by atoms with Crippen molar-refractivity contribution in [3.05, 3.63) is 58.6 Å². The lowest BCUT2D eigenvalue weighted by Gasteiger charge is -2.10. The largest absolute Gasteiger partial charge is 0.493 e. The van der Waals surface area contributed by atoms with Crippen molar-refractivity contribution in [3.8, 4) is 11.5 Å². The molecule has 0 aromatic heterocycles. The molecule has 0 radical (unpaired) electrons. The zero-order valence-corrected chi connectivity index (χ0v) is 15.7. The van der Waals surface area contributed by atoms with Crippen LogP contribution in [0.3, 0.4) is 0 Å². The molecular formula is C19H19ClN2O5. The number of carbonyl (C=O) groups excluding carboxylic acids is 2. The van der Waals surface area contributed by atoms with Gasteiger partial charge in [0, 0.05) is 10.6 Å². The highest BCUT2D eigenvalue weighted by atomic mass is 35.5. The summed E-state index contributed by atoms with van der Waals surface area (Å²) in [4.78, 5) is 23.4. The predicted octanol–water partition coefficient (Wildman–Crippen LogP) is 3.05. The Bertz CT molecular complexity index is 821. The van der Waals surface area contributed by atoms with Gasteiger partial charge in [0.1, 0.15) is 0 Å². The number of amides is 1. The van der Waals surface area contributed by atoms with Gasteiger partial charge in [0.15, 0.2) is 18.1 Å². The molecule has 0 saturated carbocycles.